The topological polar surface area (TPSA) is 84.9 Å². The molecule has 0 unspecified atom stereocenters. The maximum Gasteiger partial charge on any atom is 0.208 e. The van der Waals surface area contributed by atoms with Crippen LogP contribution in [0.15, 0.2) is 70.0 Å². The second kappa shape index (κ2) is 15.1. The molecule has 1 aliphatic rings. The summed E-state index contributed by atoms with van der Waals surface area (Å²) in [6, 6.07) is 11.9. The van der Waals surface area contributed by atoms with Gasteiger partial charge in [0.25, 0.3) is 0 Å². The van der Waals surface area contributed by atoms with Crippen molar-refractivity contribution in [2.75, 3.05) is 18.4 Å². The monoisotopic (exact) mass is 658 g/mol. The summed E-state index contributed by atoms with van der Waals surface area (Å²) in [4.78, 5) is 15.8. The number of benzene rings is 1. The zero-order valence-electron chi connectivity index (χ0n) is 20.9. The number of aromatic nitrogens is 4. The molecule has 0 spiro atoms. The third-order valence-electron chi connectivity index (χ3n) is 6.03. The van der Waals surface area contributed by atoms with E-state index in [1.807, 2.05) is 29.8 Å². The van der Waals surface area contributed by atoms with E-state index in [9.17, 15) is 4.39 Å². The summed E-state index contributed by atoms with van der Waals surface area (Å²) in [5.41, 5.74) is 0.973. The summed E-state index contributed by atoms with van der Waals surface area (Å²) in [6.45, 7) is 2.10. The zero-order chi connectivity index (χ0) is 25.0. The number of hydrogen-bond acceptors (Lipinski definition) is 10. The average Bonchev–Trinajstić information content (AvgIpc) is 3.58. The minimum atomic E-state index is -0.319. The van der Waals surface area contributed by atoms with Gasteiger partial charge in [0, 0.05) is 46.2 Å². The predicted molar refractivity (Wildman–Crippen MR) is 169 cm³/mol. The van der Waals surface area contributed by atoms with E-state index in [2.05, 4.69) is 25.0 Å². The molecule has 40 heavy (non-hydrogen) atoms. The average molecular weight is 660 g/mol. The third kappa shape index (κ3) is 7.94. The first kappa shape index (κ1) is 32.3. The van der Waals surface area contributed by atoms with Crippen LogP contribution in [0.4, 0.5) is 15.3 Å². The fraction of sp³-hybridized carbons (Fsp3) is 0.231. The molecule has 1 aliphatic heterocycles. The van der Waals surface area contributed by atoms with Crippen LogP contribution in [0, 0.1) is 11.7 Å². The fourth-order valence-corrected chi connectivity index (χ4v) is 6.65. The van der Waals surface area contributed by atoms with Gasteiger partial charge in [-0.2, -0.15) is 4.37 Å². The number of nitrogens with one attached hydrogen (secondary N) is 2. The van der Waals surface area contributed by atoms with E-state index in [4.69, 9.17) is 9.72 Å². The van der Waals surface area contributed by atoms with Crippen molar-refractivity contribution in [3.05, 3.63) is 71.9 Å². The minimum Gasteiger partial charge on any atom is -0.453 e. The van der Waals surface area contributed by atoms with E-state index in [0.29, 0.717) is 28.4 Å². The highest BCUT2D eigenvalue weighted by Gasteiger charge is 2.18. The summed E-state index contributed by atoms with van der Waals surface area (Å²) in [6.07, 6.45) is 6.79. The Balaban J connectivity index is 0.00000147. The van der Waals surface area contributed by atoms with Gasteiger partial charge < -0.3 is 15.4 Å². The maximum atomic E-state index is 13.5. The number of piperidine rings is 1. The lowest BCUT2D eigenvalue weighted by atomic mass is 9.94. The van der Waals surface area contributed by atoms with Crippen molar-refractivity contribution in [1.29, 1.82) is 0 Å². The van der Waals surface area contributed by atoms with Crippen molar-refractivity contribution >= 4 is 93.0 Å². The summed E-state index contributed by atoms with van der Waals surface area (Å²) in [5, 5.41) is 9.38. The second-order valence-electron chi connectivity index (χ2n) is 8.66. The summed E-state index contributed by atoms with van der Waals surface area (Å²) >= 11 is 4.57. The Bertz CT molecular complexity index is 1520. The van der Waals surface area contributed by atoms with E-state index < -0.39 is 0 Å². The fourth-order valence-electron chi connectivity index (χ4n) is 4.17. The molecule has 5 aromatic rings. The number of hydrogen-bond donors (Lipinski definition) is 2. The lowest BCUT2D eigenvalue weighted by Gasteiger charge is -2.21. The van der Waals surface area contributed by atoms with Gasteiger partial charge in [-0.15, -0.1) is 48.6 Å². The first-order valence-electron chi connectivity index (χ1n) is 11.9. The number of pyridine rings is 2. The first-order chi connectivity index (χ1) is 18.2. The van der Waals surface area contributed by atoms with Gasteiger partial charge in [0.05, 0.1) is 10.2 Å². The van der Waals surface area contributed by atoms with Gasteiger partial charge in [-0.05, 0) is 73.6 Å². The minimum absolute atomic E-state index is 0. The zero-order valence-corrected chi connectivity index (χ0v) is 25.8. The van der Waals surface area contributed by atoms with Crippen LogP contribution in [0.2, 0.25) is 0 Å². The van der Waals surface area contributed by atoms with Gasteiger partial charge in [-0.1, -0.05) is 11.8 Å². The molecule has 0 bridgehead atoms. The molecule has 5 heterocycles. The van der Waals surface area contributed by atoms with Crippen LogP contribution in [0.3, 0.4) is 0 Å². The van der Waals surface area contributed by atoms with Crippen LogP contribution < -0.4 is 15.4 Å². The van der Waals surface area contributed by atoms with Crippen LogP contribution in [0.25, 0.3) is 10.2 Å². The number of thiophene rings is 1. The van der Waals surface area contributed by atoms with E-state index in [1.165, 1.54) is 23.7 Å². The van der Waals surface area contributed by atoms with Gasteiger partial charge in [0.1, 0.15) is 17.4 Å². The van der Waals surface area contributed by atoms with E-state index in [-0.39, 0.29) is 43.0 Å². The Morgan fingerprint density at radius 1 is 1.05 bits per heavy atom. The van der Waals surface area contributed by atoms with Crippen LogP contribution in [0.5, 0.6) is 11.5 Å². The number of ether oxygens (including phenoxy) is 1. The van der Waals surface area contributed by atoms with Crippen molar-refractivity contribution in [3.63, 3.8) is 0 Å². The number of anilines is 2. The highest BCUT2D eigenvalue weighted by atomic mass is 35.5. The van der Waals surface area contributed by atoms with Gasteiger partial charge >= 0.3 is 0 Å². The van der Waals surface area contributed by atoms with E-state index in [1.54, 1.807) is 41.4 Å². The normalized spacial score (nSPS) is 13.1. The van der Waals surface area contributed by atoms with Crippen LogP contribution in [0.1, 0.15) is 18.7 Å². The Kier molecular flexibility index (Phi) is 12.2. The second-order valence-corrected chi connectivity index (χ2v) is 11.4. The number of rotatable bonds is 8. The quantitative estimate of drug-likeness (QED) is 0.173. The molecule has 14 heteroatoms. The maximum absolute atomic E-state index is 13.5. The predicted octanol–water partition coefficient (Wildman–Crippen LogP) is 8.18. The third-order valence-corrected chi connectivity index (χ3v) is 8.78. The SMILES string of the molecule is Cl.Cl.Cl.Fc1ccc(Oc2cc(Sc3ccnc4ccsc34)cnc2Nc2nc(CC3CCNCC3)ns2)cc1. The largest absolute Gasteiger partial charge is 0.453 e. The van der Waals surface area contributed by atoms with Crippen LogP contribution >= 0.6 is 71.9 Å². The molecule has 0 aliphatic carbocycles. The Hall–Kier alpha value is -2.25. The number of nitrogens with zero attached hydrogens (tertiary/aromatic N) is 4. The number of halogens is 4. The smallest absolute Gasteiger partial charge is 0.208 e. The van der Waals surface area contributed by atoms with Crippen molar-refractivity contribution in [1.82, 2.24) is 24.6 Å². The lowest BCUT2D eigenvalue weighted by Crippen LogP contribution is -2.28. The van der Waals surface area contributed by atoms with Crippen molar-refractivity contribution in [2.24, 2.45) is 5.92 Å². The van der Waals surface area contributed by atoms with Crippen molar-refractivity contribution in [2.45, 2.75) is 29.1 Å². The Morgan fingerprint density at radius 2 is 1.85 bits per heavy atom. The van der Waals surface area contributed by atoms with Gasteiger partial charge in [-0.25, -0.2) is 14.4 Å². The molecule has 1 fully saturated rings. The molecule has 1 saturated heterocycles. The van der Waals surface area contributed by atoms with Crippen molar-refractivity contribution in [3.8, 4) is 11.5 Å². The Labute approximate surface area is 262 Å². The molecule has 4 aromatic heterocycles. The molecule has 212 valence electrons. The van der Waals surface area contributed by atoms with Gasteiger partial charge in [0.2, 0.25) is 5.13 Å². The molecule has 2 N–H and O–H groups in total. The summed E-state index contributed by atoms with van der Waals surface area (Å²) < 4.78 is 25.3. The van der Waals surface area contributed by atoms with Gasteiger partial charge in [-0.3, -0.25) is 4.98 Å². The van der Waals surface area contributed by atoms with Crippen LogP contribution in [-0.4, -0.2) is 32.4 Å². The van der Waals surface area contributed by atoms with Gasteiger partial charge in [0.15, 0.2) is 11.6 Å². The molecule has 7 nitrogen and oxygen atoms in total. The van der Waals surface area contributed by atoms with E-state index >= 15 is 0 Å². The molecule has 0 radical (unpaired) electrons. The van der Waals surface area contributed by atoms with E-state index in [0.717, 1.165) is 58.2 Å². The molecular formula is C26H26Cl3FN6OS3. The van der Waals surface area contributed by atoms with Crippen molar-refractivity contribution < 1.29 is 9.13 Å². The highest BCUT2D eigenvalue weighted by molar-refractivity contribution is 7.99. The summed E-state index contributed by atoms with van der Waals surface area (Å²) in [7, 11) is 0. The highest BCUT2D eigenvalue weighted by Crippen LogP contribution is 2.39. The molecule has 0 saturated carbocycles. The summed E-state index contributed by atoms with van der Waals surface area (Å²) in [5.74, 6) is 2.70. The standard InChI is InChI=1S/C26H23FN6OS3.3ClH/c27-17-1-3-18(4-2-17)34-21-14-19(36-22-7-11-29-20-8-12-35-24(20)22)15-30-25(21)32-26-31-23(33-37-26)13-16-5-9-28-10-6-16;;;/h1-4,7-8,11-12,14-16,28H,5-6,9-10,13H2,(H,30,31,32,33);3*1H. The lowest BCUT2D eigenvalue weighted by molar-refractivity contribution is 0.368. The molecule has 0 atom stereocenters. The molecule has 6 rings (SSSR count). The Morgan fingerprint density at radius 3 is 2.65 bits per heavy atom. The molecule has 0 amide bonds. The number of fused-ring (bicyclic) bond motifs is 1. The molecular weight excluding hydrogens is 634 g/mol. The molecule has 1 aromatic carbocycles. The first-order valence-corrected chi connectivity index (χ1v) is 14.4. The van der Waals surface area contributed by atoms with Crippen LogP contribution in [-0.2, 0) is 6.42 Å².